The van der Waals surface area contributed by atoms with Gasteiger partial charge < -0.3 is 9.47 Å². The second-order valence-electron chi connectivity index (χ2n) is 9.00. The topological polar surface area (TPSA) is 68.3 Å². The normalized spacial score (nSPS) is 21.1. The predicted octanol–water partition coefficient (Wildman–Crippen LogP) is 5.23. The lowest BCUT2D eigenvalue weighted by Gasteiger charge is -2.29. The molecule has 0 spiro atoms. The lowest BCUT2D eigenvalue weighted by atomic mass is 9.90. The number of hydrogen-bond donors (Lipinski definition) is 0. The molecule has 0 radical (unpaired) electrons. The second-order valence-corrected chi connectivity index (χ2v) is 9.00. The highest BCUT2D eigenvalue weighted by Gasteiger charge is 2.60. The molecule has 2 aliphatic heterocycles. The summed E-state index contributed by atoms with van der Waals surface area (Å²) in [6, 6.07) is 22.1. The fourth-order valence-electron chi connectivity index (χ4n) is 4.88. The van der Waals surface area contributed by atoms with Crippen LogP contribution in [0.5, 0.6) is 11.5 Å². The Morgan fingerprint density at radius 1 is 0.833 bits per heavy atom. The fourth-order valence-corrected chi connectivity index (χ4v) is 4.88. The Hall–Kier alpha value is -3.84. The van der Waals surface area contributed by atoms with E-state index < -0.39 is 18.1 Å². The van der Waals surface area contributed by atoms with Crippen LogP contribution in [0, 0.1) is 12.8 Å². The molecular formula is C29H30N2O5. The molecule has 3 aromatic rings. The highest BCUT2D eigenvalue weighted by molar-refractivity contribution is 6.24. The maximum absolute atomic E-state index is 13.8. The van der Waals surface area contributed by atoms with Gasteiger partial charge >= 0.3 is 0 Å². The third kappa shape index (κ3) is 4.20. The minimum atomic E-state index is -0.922. The van der Waals surface area contributed by atoms with E-state index in [1.807, 2.05) is 87.5 Å². The number of carbonyl (C=O) groups excluding carboxylic acids is 2. The SMILES string of the molecule is CCCOc1ccc(C2C3C(=O)N(c4cccc(C)c4)C(=O)C3ON2c2ccccc2)cc1OCC. The van der Waals surface area contributed by atoms with Gasteiger partial charge in [0.25, 0.3) is 5.91 Å². The van der Waals surface area contributed by atoms with Crippen molar-refractivity contribution >= 4 is 23.2 Å². The highest BCUT2D eigenvalue weighted by atomic mass is 16.7. The van der Waals surface area contributed by atoms with Crippen molar-refractivity contribution in [2.75, 3.05) is 23.2 Å². The van der Waals surface area contributed by atoms with E-state index >= 15 is 0 Å². The standard InChI is InChI=1S/C29H30N2O5/c1-4-16-35-23-15-14-20(18-24(23)34-5-2)26-25-27(36-31(26)21-11-7-6-8-12-21)29(33)30(28(25)32)22-13-9-10-19(3)17-22/h6-15,17-18,25-27H,4-5,16H2,1-3H3. The summed E-state index contributed by atoms with van der Waals surface area (Å²) in [5.41, 5.74) is 3.11. The molecule has 3 aromatic carbocycles. The Bertz CT molecular complexity index is 1260. The first-order valence-electron chi connectivity index (χ1n) is 12.4. The van der Waals surface area contributed by atoms with Gasteiger partial charge in [-0.25, -0.2) is 9.96 Å². The van der Waals surface area contributed by atoms with E-state index in [0.717, 1.165) is 23.2 Å². The largest absolute Gasteiger partial charge is 0.490 e. The first-order chi connectivity index (χ1) is 17.5. The molecule has 2 heterocycles. The molecule has 0 saturated carbocycles. The fraction of sp³-hybridized carbons (Fsp3) is 0.310. The predicted molar refractivity (Wildman–Crippen MR) is 137 cm³/mol. The van der Waals surface area contributed by atoms with Gasteiger partial charge in [0.05, 0.1) is 30.6 Å². The molecule has 0 aliphatic carbocycles. The van der Waals surface area contributed by atoms with E-state index in [4.69, 9.17) is 14.3 Å². The quantitative estimate of drug-likeness (QED) is 0.406. The van der Waals surface area contributed by atoms with Crippen LogP contribution in [0.25, 0.3) is 0 Å². The van der Waals surface area contributed by atoms with Crippen LogP contribution in [0.15, 0.2) is 72.8 Å². The van der Waals surface area contributed by atoms with Crippen molar-refractivity contribution in [3.8, 4) is 11.5 Å². The number of rotatable bonds is 8. The molecular weight excluding hydrogens is 456 g/mol. The van der Waals surface area contributed by atoms with Crippen molar-refractivity contribution in [2.45, 2.75) is 39.3 Å². The average molecular weight is 487 g/mol. The van der Waals surface area contributed by atoms with Crippen LogP contribution in [0.3, 0.4) is 0 Å². The van der Waals surface area contributed by atoms with Gasteiger partial charge in [-0.2, -0.15) is 0 Å². The summed E-state index contributed by atoms with van der Waals surface area (Å²) in [4.78, 5) is 34.9. The number of imide groups is 1. The number of ether oxygens (including phenoxy) is 2. The summed E-state index contributed by atoms with van der Waals surface area (Å²) < 4.78 is 11.8. The summed E-state index contributed by atoms with van der Waals surface area (Å²) in [6.07, 6.45) is -0.0458. The second kappa shape index (κ2) is 10.0. The van der Waals surface area contributed by atoms with Gasteiger partial charge in [0.1, 0.15) is 5.92 Å². The molecule has 0 N–H and O–H groups in total. The number of para-hydroxylation sites is 1. The number of nitrogens with zero attached hydrogens (tertiary/aromatic N) is 2. The summed E-state index contributed by atoms with van der Waals surface area (Å²) in [5, 5.41) is 1.69. The molecule has 0 bridgehead atoms. The molecule has 0 aromatic heterocycles. The number of benzene rings is 3. The first kappa shape index (κ1) is 23.9. The van der Waals surface area contributed by atoms with Crippen LogP contribution in [0.4, 0.5) is 11.4 Å². The number of hydroxylamine groups is 1. The minimum absolute atomic E-state index is 0.275. The zero-order chi connectivity index (χ0) is 25.2. The van der Waals surface area contributed by atoms with Crippen molar-refractivity contribution in [1.82, 2.24) is 0 Å². The van der Waals surface area contributed by atoms with E-state index in [1.54, 1.807) is 11.1 Å². The number of amides is 2. The van der Waals surface area contributed by atoms with Crippen molar-refractivity contribution < 1.29 is 23.9 Å². The summed E-state index contributed by atoms with van der Waals surface area (Å²) in [5.74, 6) is -0.0861. The molecule has 36 heavy (non-hydrogen) atoms. The molecule has 2 fully saturated rings. The zero-order valence-corrected chi connectivity index (χ0v) is 20.7. The molecule has 7 nitrogen and oxygen atoms in total. The van der Waals surface area contributed by atoms with E-state index in [1.165, 1.54) is 4.90 Å². The van der Waals surface area contributed by atoms with Gasteiger partial charge in [-0.3, -0.25) is 14.4 Å². The maximum atomic E-state index is 13.8. The number of fused-ring (bicyclic) bond motifs is 1. The van der Waals surface area contributed by atoms with Crippen LogP contribution in [-0.4, -0.2) is 31.1 Å². The summed E-state index contributed by atoms with van der Waals surface area (Å²) in [6.45, 7) is 6.94. The van der Waals surface area contributed by atoms with Crippen molar-refractivity contribution in [3.63, 3.8) is 0 Å². The number of hydrogen-bond acceptors (Lipinski definition) is 6. The molecule has 5 rings (SSSR count). The third-order valence-corrected chi connectivity index (χ3v) is 6.46. The van der Waals surface area contributed by atoms with Gasteiger partial charge in [0.2, 0.25) is 5.91 Å². The lowest BCUT2D eigenvalue weighted by molar-refractivity contribution is -0.126. The number of anilines is 2. The Morgan fingerprint density at radius 2 is 1.61 bits per heavy atom. The Balaban J connectivity index is 1.58. The smallest absolute Gasteiger partial charge is 0.266 e. The molecule has 3 atom stereocenters. The minimum Gasteiger partial charge on any atom is -0.490 e. The Kier molecular flexibility index (Phi) is 6.65. The molecule has 2 amide bonds. The van der Waals surface area contributed by atoms with E-state index in [2.05, 4.69) is 0 Å². The third-order valence-electron chi connectivity index (χ3n) is 6.46. The van der Waals surface area contributed by atoms with E-state index in [-0.39, 0.29) is 11.8 Å². The Morgan fingerprint density at radius 3 is 2.33 bits per heavy atom. The average Bonchev–Trinajstić information content (AvgIpc) is 3.39. The molecule has 2 aliphatic rings. The number of carbonyl (C=O) groups is 2. The van der Waals surface area contributed by atoms with Crippen molar-refractivity contribution in [2.24, 2.45) is 5.92 Å². The van der Waals surface area contributed by atoms with E-state index in [9.17, 15) is 9.59 Å². The van der Waals surface area contributed by atoms with Crippen LogP contribution in [-0.2, 0) is 14.4 Å². The van der Waals surface area contributed by atoms with Crippen LogP contribution < -0.4 is 19.4 Å². The van der Waals surface area contributed by atoms with Gasteiger partial charge in [0.15, 0.2) is 17.6 Å². The van der Waals surface area contributed by atoms with Crippen LogP contribution in [0.2, 0.25) is 0 Å². The maximum Gasteiger partial charge on any atom is 0.266 e. The first-order valence-corrected chi connectivity index (χ1v) is 12.4. The van der Waals surface area contributed by atoms with Crippen molar-refractivity contribution in [3.05, 3.63) is 83.9 Å². The van der Waals surface area contributed by atoms with Gasteiger partial charge in [-0.1, -0.05) is 43.3 Å². The zero-order valence-electron chi connectivity index (χ0n) is 20.7. The van der Waals surface area contributed by atoms with Crippen molar-refractivity contribution in [1.29, 1.82) is 0 Å². The highest BCUT2D eigenvalue weighted by Crippen LogP contribution is 2.48. The van der Waals surface area contributed by atoms with Gasteiger partial charge in [-0.05, 0) is 67.8 Å². The van der Waals surface area contributed by atoms with Crippen LogP contribution >= 0.6 is 0 Å². The number of aryl methyl sites for hydroxylation is 1. The molecule has 7 heteroatoms. The molecule has 3 unspecified atom stereocenters. The van der Waals surface area contributed by atoms with Crippen LogP contribution in [0.1, 0.15) is 37.4 Å². The monoisotopic (exact) mass is 486 g/mol. The summed E-state index contributed by atoms with van der Waals surface area (Å²) in [7, 11) is 0. The Labute approximate surface area is 211 Å². The van der Waals surface area contributed by atoms with Gasteiger partial charge in [-0.15, -0.1) is 0 Å². The summed E-state index contributed by atoms with van der Waals surface area (Å²) >= 11 is 0. The van der Waals surface area contributed by atoms with Gasteiger partial charge in [0, 0.05) is 0 Å². The van der Waals surface area contributed by atoms with E-state index in [0.29, 0.717) is 30.4 Å². The molecule has 186 valence electrons. The molecule has 2 saturated heterocycles. The lowest BCUT2D eigenvalue weighted by Crippen LogP contribution is -2.37.